The molecule has 12 nitrogen and oxygen atoms in total. The van der Waals surface area contributed by atoms with Crippen molar-refractivity contribution in [3.8, 4) is 5.75 Å². The smallest absolute Gasteiger partial charge is 0.335 e. The zero-order valence-corrected chi connectivity index (χ0v) is 17.8. The molecule has 178 valence electrons. The lowest BCUT2D eigenvalue weighted by Gasteiger charge is -2.38. The number of carbonyl (C=O) groups excluding carboxylic acids is 2. The summed E-state index contributed by atoms with van der Waals surface area (Å²) in [5, 5.41) is 44.4. The number of ether oxygens (including phenoxy) is 3. The van der Waals surface area contributed by atoms with Gasteiger partial charge in [-0.3, -0.25) is 9.59 Å². The Balaban J connectivity index is 2.27. The molecule has 1 aliphatic rings. The van der Waals surface area contributed by atoms with Crippen LogP contribution in [0.25, 0.3) is 0 Å². The summed E-state index contributed by atoms with van der Waals surface area (Å²) >= 11 is 0. The van der Waals surface area contributed by atoms with Gasteiger partial charge >= 0.3 is 11.9 Å². The summed E-state index contributed by atoms with van der Waals surface area (Å²) in [5.41, 5.74) is 0.654. The number of carboxylic acids is 1. The minimum Gasteiger partial charge on any atom is -0.479 e. The number of benzene rings is 1. The molecular weight excluding hydrogens is 428 g/mol. The molecule has 1 aromatic rings. The molecule has 32 heavy (non-hydrogen) atoms. The van der Waals surface area contributed by atoms with E-state index in [0.29, 0.717) is 5.56 Å². The van der Waals surface area contributed by atoms with E-state index in [1.165, 1.54) is 18.2 Å². The van der Waals surface area contributed by atoms with Crippen LogP contribution in [0.4, 0.5) is 5.69 Å². The number of likely N-dealkylation sites (N-methyl/N-ethyl adjacent to an activating group) is 1. The maximum absolute atomic E-state index is 12.1. The molecule has 1 heterocycles. The first kappa shape index (κ1) is 25.5. The average Bonchev–Trinajstić information content (AvgIpc) is 2.73. The molecule has 0 unspecified atom stereocenters. The van der Waals surface area contributed by atoms with Crippen LogP contribution in [0, 0.1) is 5.92 Å². The van der Waals surface area contributed by atoms with Crippen LogP contribution in [0.2, 0.25) is 0 Å². The normalized spacial score (nSPS) is 25.3. The molecule has 0 aromatic heterocycles. The van der Waals surface area contributed by atoms with Crippen LogP contribution in [0.1, 0.15) is 19.4 Å². The van der Waals surface area contributed by atoms with Gasteiger partial charge in [-0.15, -0.1) is 0 Å². The van der Waals surface area contributed by atoms with Gasteiger partial charge in [0.15, 0.2) is 6.10 Å². The zero-order valence-electron chi connectivity index (χ0n) is 17.8. The molecule has 0 saturated carbocycles. The molecule has 12 heteroatoms. The van der Waals surface area contributed by atoms with E-state index in [4.69, 9.17) is 19.3 Å². The SMILES string of the molecule is CNCC(=O)Nc1cc(COC(=O)C(C)C)ccc1O[C@@H]1O[C@H](C(=O)O)[C@@H](O)[C@H](O)[C@H]1O. The van der Waals surface area contributed by atoms with Crippen LogP contribution in [0.5, 0.6) is 5.75 Å². The first-order valence-corrected chi connectivity index (χ1v) is 9.88. The second-order valence-corrected chi connectivity index (χ2v) is 7.52. The Hall–Kier alpha value is -2.77. The topological polar surface area (TPSA) is 184 Å². The molecule has 0 bridgehead atoms. The molecule has 0 radical (unpaired) electrons. The van der Waals surface area contributed by atoms with Crippen molar-refractivity contribution < 1.29 is 49.0 Å². The number of nitrogens with one attached hydrogen (secondary N) is 2. The summed E-state index contributed by atoms with van der Waals surface area (Å²) in [4.78, 5) is 35.1. The molecule has 1 saturated heterocycles. The van der Waals surface area contributed by atoms with Gasteiger partial charge in [0.05, 0.1) is 18.2 Å². The predicted molar refractivity (Wildman–Crippen MR) is 109 cm³/mol. The molecule has 1 aliphatic heterocycles. The molecule has 1 fully saturated rings. The number of esters is 1. The molecule has 0 aliphatic carbocycles. The van der Waals surface area contributed by atoms with E-state index in [1.807, 2.05) is 0 Å². The monoisotopic (exact) mass is 456 g/mol. The first-order valence-electron chi connectivity index (χ1n) is 9.88. The summed E-state index contributed by atoms with van der Waals surface area (Å²) in [6.45, 7) is 3.28. The van der Waals surface area contributed by atoms with Gasteiger partial charge < -0.3 is 45.3 Å². The lowest BCUT2D eigenvalue weighted by atomic mass is 9.99. The van der Waals surface area contributed by atoms with Gasteiger partial charge in [-0.05, 0) is 24.7 Å². The summed E-state index contributed by atoms with van der Waals surface area (Å²) < 4.78 is 15.8. The van der Waals surface area contributed by atoms with Crippen LogP contribution in [-0.2, 0) is 30.5 Å². The minimum absolute atomic E-state index is 0.00910. The second-order valence-electron chi connectivity index (χ2n) is 7.52. The number of aliphatic carboxylic acids is 1. The fourth-order valence-corrected chi connectivity index (χ4v) is 2.82. The number of aliphatic hydroxyl groups is 3. The lowest BCUT2D eigenvalue weighted by Crippen LogP contribution is -2.61. The Morgan fingerprint density at radius 2 is 1.81 bits per heavy atom. The minimum atomic E-state index is -1.87. The first-order chi connectivity index (χ1) is 15.0. The van der Waals surface area contributed by atoms with Crippen LogP contribution >= 0.6 is 0 Å². The van der Waals surface area contributed by atoms with Crippen LogP contribution in [-0.4, -0.2) is 82.6 Å². The second kappa shape index (κ2) is 11.2. The predicted octanol–water partition coefficient (Wildman–Crippen LogP) is -1.19. The highest BCUT2D eigenvalue weighted by atomic mass is 16.7. The van der Waals surface area contributed by atoms with Crippen molar-refractivity contribution in [2.45, 2.75) is 51.2 Å². The summed E-state index contributed by atoms with van der Waals surface area (Å²) in [6.07, 6.45) is -8.97. The number of hydrogen-bond acceptors (Lipinski definition) is 10. The zero-order chi connectivity index (χ0) is 24.0. The van der Waals surface area contributed by atoms with E-state index in [9.17, 15) is 29.7 Å². The van der Waals surface area contributed by atoms with Crippen molar-refractivity contribution in [3.63, 3.8) is 0 Å². The maximum Gasteiger partial charge on any atom is 0.335 e. The third-order valence-corrected chi connectivity index (χ3v) is 4.56. The van der Waals surface area contributed by atoms with Gasteiger partial charge in [0.25, 0.3) is 0 Å². The Labute approximate surface area is 184 Å². The maximum atomic E-state index is 12.1. The number of carbonyl (C=O) groups is 3. The number of rotatable bonds is 9. The van der Waals surface area contributed by atoms with Gasteiger partial charge in [0.1, 0.15) is 30.7 Å². The summed E-state index contributed by atoms with van der Waals surface area (Å²) in [7, 11) is 1.57. The Kier molecular flexibility index (Phi) is 8.92. The highest BCUT2D eigenvalue weighted by Crippen LogP contribution is 2.31. The quantitative estimate of drug-likeness (QED) is 0.246. The fraction of sp³-hybridized carbons (Fsp3) is 0.550. The Morgan fingerprint density at radius 3 is 2.41 bits per heavy atom. The molecule has 1 amide bonds. The Bertz CT molecular complexity index is 831. The number of anilines is 1. The van der Waals surface area contributed by atoms with Crippen molar-refractivity contribution in [1.82, 2.24) is 5.32 Å². The number of amides is 1. The van der Waals surface area contributed by atoms with E-state index < -0.39 is 48.6 Å². The van der Waals surface area contributed by atoms with Gasteiger partial charge in [0.2, 0.25) is 12.2 Å². The van der Waals surface area contributed by atoms with Crippen molar-refractivity contribution in [3.05, 3.63) is 23.8 Å². The molecule has 2 rings (SSSR count). The van der Waals surface area contributed by atoms with Gasteiger partial charge in [0, 0.05) is 0 Å². The largest absolute Gasteiger partial charge is 0.479 e. The molecule has 6 N–H and O–H groups in total. The van der Waals surface area contributed by atoms with Crippen molar-refractivity contribution >= 4 is 23.5 Å². The molecule has 1 aromatic carbocycles. The van der Waals surface area contributed by atoms with Crippen LogP contribution < -0.4 is 15.4 Å². The third kappa shape index (κ3) is 6.37. The lowest BCUT2D eigenvalue weighted by molar-refractivity contribution is -0.271. The van der Waals surface area contributed by atoms with Crippen molar-refractivity contribution in [2.24, 2.45) is 5.92 Å². The van der Waals surface area contributed by atoms with E-state index in [1.54, 1.807) is 20.9 Å². The van der Waals surface area contributed by atoms with E-state index in [-0.39, 0.29) is 30.5 Å². The Morgan fingerprint density at radius 1 is 1.12 bits per heavy atom. The molecular formula is C20H28N2O10. The fourth-order valence-electron chi connectivity index (χ4n) is 2.82. The standard InChI is InChI=1S/C20H28N2O10/c1-9(2)19(29)30-8-10-4-5-12(11(6-10)22-13(23)7-21-3)31-20-16(26)14(24)15(25)17(32-20)18(27)28/h4-6,9,14-17,20-21,24-26H,7-8H2,1-3H3,(H,22,23)(H,27,28)/t14-,15-,16+,17-,20+/m0/s1. The van der Waals surface area contributed by atoms with E-state index in [2.05, 4.69) is 10.6 Å². The highest BCUT2D eigenvalue weighted by molar-refractivity contribution is 5.93. The summed E-state index contributed by atoms with van der Waals surface area (Å²) in [5.74, 6) is -2.72. The molecule has 0 spiro atoms. The van der Waals surface area contributed by atoms with E-state index >= 15 is 0 Å². The van der Waals surface area contributed by atoms with Crippen LogP contribution in [0.15, 0.2) is 18.2 Å². The van der Waals surface area contributed by atoms with Crippen LogP contribution in [0.3, 0.4) is 0 Å². The van der Waals surface area contributed by atoms with Crippen molar-refractivity contribution in [2.75, 3.05) is 18.9 Å². The van der Waals surface area contributed by atoms with Gasteiger partial charge in [-0.1, -0.05) is 19.9 Å². The highest BCUT2D eigenvalue weighted by Gasteiger charge is 2.48. The average molecular weight is 456 g/mol. The van der Waals surface area contributed by atoms with E-state index in [0.717, 1.165) is 0 Å². The number of hydrogen-bond donors (Lipinski definition) is 6. The molecule has 5 atom stereocenters. The third-order valence-electron chi connectivity index (χ3n) is 4.56. The van der Waals surface area contributed by atoms with Gasteiger partial charge in [-0.25, -0.2) is 4.79 Å². The summed E-state index contributed by atoms with van der Waals surface area (Å²) in [6, 6.07) is 4.41. The number of carboxylic acid groups (broad SMARTS) is 1. The number of aliphatic hydroxyl groups excluding tert-OH is 3. The van der Waals surface area contributed by atoms with Gasteiger partial charge in [-0.2, -0.15) is 0 Å². The van der Waals surface area contributed by atoms with Crippen molar-refractivity contribution in [1.29, 1.82) is 0 Å².